The molecule has 0 unspecified atom stereocenters. The Bertz CT molecular complexity index is 1540. The van der Waals surface area contributed by atoms with Gasteiger partial charge in [0.2, 0.25) is 0 Å². The summed E-state index contributed by atoms with van der Waals surface area (Å²) in [6, 6.07) is 9.81. The molecule has 4 aromatic rings. The monoisotopic (exact) mass is 565 g/mol. The van der Waals surface area contributed by atoms with Crippen LogP contribution in [0.4, 0.5) is 5.13 Å². The molecule has 7 rings (SSSR count). The van der Waals surface area contributed by atoms with Crippen molar-refractivity contribution in [3.05, 3.63) is 52.2 Å². The van der Waals surface area contributed by atoms with Gasteiger partial charge in [-0.2, -0.15) is 0 Å². The van der Waals surface area contributed by atoms with Crippen LogP contribution in [-0.4, -0.2) is 42.4 Å². The van der Waals surface area contributed by atoms with Gasteiger partial charge in [-0.25, -0.2) is 4.98 Å². The fourth-order valence-electron chi connectivity index (χ4n) is 6.16. The highest BCUT2D eigenvalue weighted by Crippen LogP contribution is 2.48. The van der Waals surface area contributed by atoms with Crippen LogP contribution in [0.15, 0.2) is 34.9 Å². The van der Waals surface area contributed by atoms with Crippen molar-refractivity contribution in [2.45, 2.75) is 57.3 Å². The molecule has 202 valence electrons. The first-order valence-corrected chi connectivity index (χ1v) is 14.4. The van der Waals surface area contributed by atoms with Crippen molar-refractivity contribution in [2.75, 3.05) is 18.6 Å². The van der Waals surface area contributed by atoms with Crippen LogP contribution in [0, 0.1) is 12.8 Å². The lowest BCUT2D eigenvalue weighted by Gasteiger charge is -2.31. The van der Waals surface area contributed by atoms with E-state index in [0.29, 0.717) is 47.5 Å². The van der Waals surface area contributed by atoms with Crippen LogP contribution in [0.3, 0.4) is 0 Å². The minimum atomic E-state index is 0.171. The SMILES string of the molecule is COc1cc(OC=O)cc2sc(N3C[C@H]4C[C@@H]3C[C@@H]4OCc3c(-c4c(C)cccc4Cl)noc3C3CC3)nc12. The van der Waals surface area contributed by atoms with Crippen molar-refractivity contribution in [3.8, 4) is 22.8 Å². The maximum atomic E-state index is 10.8. The Labute approximate surface area is 234 Å². The minimum Gasteiger partial charge on any atom is -0.494 e. The van der Waals surface area contributed by atoms with Gasteiger partial charge in [-0.05, 0) is 44.2 Å². The number of rotatable bonds is 9. The first kappa shape index (κ1) is 24.9. The van der Waals surface area contributed by atoms with Crippen LogP contribution < -0.4 is 14.4 Å². The van der Waals surface area contributed by atoms with Gasteiger partial charge in [0, 0.05) is 47.7 Å². The Morgan fingerprint density at radius 3 is 2.85 bits per heavy atom. The van der Waals surface area contributed by atoms with Crippen molar-refractivity contribution in [3.63, 3.8) is 0 Å². The second kappa shape index (κ2) is 9.80. The first-order valence-electron chi connectivity index (χ1n) is 13.2. The van der Waals surface area contributed by atoms with Gasteiger partial charge in [-0.3, -0.25) is 4.79 Å². The van der Waals surface area contributed by atoms with E-state index < -0.39 is 0 Å². The van der Waals surface area contributed by atoms with Crippen molar-refractivity contribution in [1.29, 1.82) is 0 Å². The number of thiazole rings is 1. The quantitative estimate of drug-likeness (QED) is 0.212. The number of methoxy groups -OCH3 is 1. The van der Waals surface area contributed by atoms with E-state index in [1.165, 1.54) is 0 Å². The summed E-state index contributed by atoms with van der Waals surface area (Å²) in [5.41, 5.74) is 4.65. The fraction of sp³-hybridized carbons (Fsp3) is 0.414. The summed E-state index contributed by atoms with van der Waals surface area (Å²) in [5.74, 6) is 2.86. The molecule has 3 aliphatic rings. The molecule has 3 atom stereocenters. The Morgan fingerprint density at radius 2 is 2.13 bits per heavy atom. The van der Waals surface area contributed by atoms with Crippen molar-refractivity contribution in [2.24, 2.45) is 5.92 Å². The van der Waals surface area contributed by atoms with E-state index in [4.69, 9.17) is 35.3 Å². The minimum absolute atomic E-state index is 0.171. The number of benzene rings is 2. The molecule has 0 spiro atoms. The number of carbonyl (C=O) groups is 1. The summed E-state index contributed by atoms with van der Waals surface area (Å²) < 4.78 is 24.0. The highest BCUT2D eigenvalue weighted by molar-refractivity contribution is 7.22. The summed E-state index contributed by atoms with van der Waals surface area (Å²) >= 11 is 8.20. The molecule has 2 saturated carbocycles. The van der Waals surface area contributed by atoms with E-state index in [2.05, 4.69) is 23.0 Å². The van der Waals surface area contributed by atoms with Crippen molar-refractivity contribution < 1.29 is 23.5 Å². The van der Waals surface area contributed by atoms with Crippen LogP contribution in [0.5, 0.6) is 11.5 Å². The lowest BCUT2D eigenvalue weighted by molar-refractivity contribution is -0.120. The standard InChI is InChI=1S/C29H28ClN3O5S/c1-15-4-3-5-21(30)25(15)26-20(28(38-32-26)16-6-7-16)13-36-22-9-18-8-17(22)12-33(18)29-31-27-23(35-2)10-19(37-14-34)11-24(27)39-29/h3-5,10-11,14,16-18,22H,6-9,12-13H2,1-2H3/t17-,18-,22+/m1/s1. The Kier molecular flexibility index (Phi) is 6.25. The molecular weight excluding hydrogens is 538 g/mol. The number of aryl methyl sites for hydroxylation is 1. The summed E-state index contributed by atoms with van der Waals surface area (Å²) in [6.07, 6.45) is 4.45. The zero-order valence-corrected chi connectivity index (χ0v) is 23.3. The van der Waals surface area contributed by atoms with E-state index in [9.17, 15) is 4.79 Å². The van der Waals surface area contributed by atoms with Gasteiger partial charge in [-0.15, -0.1) is 0 Å². The van der Waals surface area contributed by atoms with Crippen molar-refractivity contribution in [1.82, 2.24) is 10.1 Å². The van der Waals surface area contributed by atoms with Crippen LogP contribution in [0.25, 0.3) is 21.5 Å². The largest absolute Gasteiger partial charge is 0.494 e. The van der Waals surface area contributed by atoms with Crippen LogP contribution in [0.1, 0.15) is 48.5 Å². The zero-order chi connectivity index (χ0) is 26.7. The zero-order valence-electron chi connectivity index (χ0n) is 21.7. The normalized spacial score (nSPS) is 22.1. The molecule has 1 saturated heterocycles. The number of carbonyl (C=O) groups excluding carboxylic acids is 1. The van der Waals surface area contributed by atoms with Gasteiger partial charge < -0.3 is 23.6 Å². The van der Waals surface area contributed by atoms with Gasteiger partial charge in [-0.1, -0.05) is 40.2 Å². The fourth-order valence-corrected chi connectivity index (χ4v) is 7.56. The molecule has 0 N–H and O–H groups in total. The molecule has 10 heteroatoms. The number of aromatic nitrogens is 2. The lowest BCUT2D eigenvalue weighted by atomic mass is 10.00. The molecule has 2 bridgehead atoms. The molecule has 2 aromatic heterocycles. The number of hydrogen-bond donors (Lipinski definition) is 0. The van der Waals surface area contributed by atoms with Crippen LogP contribution >= 0.6 is 22.9 Å². The molecule has 2 aliphatic carbocycles. The number of ether oxygens (including phenoxy) is 3. The topological polar surface area (TPSA) is 86.9 Å². The highest BCUT2D eigenvalue weighted by Gasteiger charge is 2.46. The second-order valence-corrected chi connectivity index (χ2v) is 12.1. The third-order valence-corrected chi connectivity index (χ3v) is 9.57. The summed E-state index contributed by atoms with van der Waals surface area (Å²) in [5, 5.41) is 6.12. The number of anilines is 1. The Hall–Kier alpha value is -3.14. The third-order valence-electron chi connectivity index (χ3n) is 8.22. The highest BCUT2D eigenvalue weighted by atomic mass is 35.5. The Balaban J connectivity index is 1.09. The number of nitrogens with zero attached hydrogens (tertiary/aromatic N) is 3. The molecular formula is C29H28ClN3O5S. The summed E-state index contributed by atoms with van der Waals surface area (Å²) in [7, 11) is 1.60. The number of piperidine rings is 1. The molecule has 0 radical (unpaired) electrons. The molecule has 3 fully saturated rings. The van der Waals surface area contributed by atoms with E-state index >= 15 is 0 Å². The average Bonchev–Trinajstić information content (AvgIpc) is 3.25. The van der Waals surface area contributed by atoms with Crippen LogP contribution in [-0.2, 0) is 16.1 Å². The lowest BCUT2D eigenvalue weighted by Crippen LogP contribution is -2.38. The van der Waals surface area contributed by atoms with E-state index in [1.54, 1.807) is 24.5 Å². The molecule has 0 amide bonds. The van der Waals surface area contributed by atoms with Gasteiger partial charge in [0.25, 0.3) is 6.47 Å². The molecule has 3 heterocycles. The van der Waals surface area contributed by atoms with Gasteiger partial charge >= 0.3 is 0 Å². The Morgan fingerprint density at radius 1 is 1.26 bits per heavy atom. The third kappa shape index (κ3) is 4.37. The first-order chi connectivity index (χ1) is 19.0. The predicted octanol–water partition coefficient (Wildman–Crippen LogP) is 6.52. The van der Waals surface area contributed by atoms with E-state index in [-0.39, 0.29) is 6.10 Å². The molecule has 8 nitrogen and oxygen atoms in total. The number of fused-ring (bicyclic) bond motifs is 3. The van der Waals surface area contributed by atoms with Crippen molar-refractivity contribution >= 4 is 44.8 Å². The molecule has 1 aliphatic heterocycles. The number of halogens is 1. The van der Waals surface area contributed by atoms with Gasteiger partial charge in [0.1, 0.15) is 28.5 Å². The van der Waals surface area contributed by atoms with Crippen LogP contribution in [0.2, 0.25) is 5.02 Å². The molecule has 39 heavy (non-hydrogen) atoms. The second-order valence-electron chi connectivity index (χ2n) is 10.6. The smallest absolute Gasteiger partial charge is 0.298 e. The number of hydrogen-bond acceptors (Lipinski definition) is 9. The summed E-state index contributed by atoms with van der Waals surface area (Å²) in [4.78, 5) is 18.1. The summed E-state index contributed by atoms with van der Waals surface area (Å²) in [6.45, 7) is 3.84. The average molecular weight is 566 g/mol. The predicted molar refractivity (Wildman–Crippen MR) is 149 cm³/mol. The molecule has 2 aromatic carbocycles. The maximum absolute atomic E-state index is 10.8. The van der Waals surface area contributed by atoms with Gasteiger partial charge in [0.15, 0.2) is 5.13 Å². The van der Waals surface area contributed by atoms with E-state index in [1.807, 2.05) is 18.2 Å². The maximum Gasteiger partial charge on any atom is 0.298 e. The van der Waals surface area contributed by atoms with E-state index in [0.717, 1.165) is 75.7 Å². The van der Waals surface area contributed by atoms with Gasteiger partial charge in [0.05, 0.1) is 29.5 Å².